The Morgan fingerprint density at radius 2 is 2.42 bits per heavy atom. The molecular weight excluding hydrogens is 148 g/mol. The molecule has 0 aromatic rings. The van der Waals surface area contributed by atoms with Gasteiger partial charge in [-0.15, -0.1) is 0 Å². The average Bonchev–Trinajstić information content (AvgIpc) is 2.06. The minimum Gasteiger partial charge on any atom is -0.396 e. The Hall–Kier alpha value is -0.300. The van der Waals surface area contributed by atoms with Crippen molar-refractivity contribution >= 4 is 0 Å². The molecule has 70 valence electrons. The Bertz CT molecular complexity index is 160. The molecule has 0 bridgehead atoms. The van der Waals surface area contributed by atoms with Crippen LogP contribution in [0.25, 0.3) is 0 Å². The molecule has 0 radical (unpaired) electrons. The van der Waals surface area contributed by atoms with Crippen LogP contribution in [-0.2, 0) is 0 Å². The second-order valence-electron chi connectivity index (χ2n) is 4.07. The van der Waals surface area contributed by atoms with E-state index in [9.17, 15) is 0 Å². The molecule has 0 heterocycles. The average molecular weight is 168 g/mol. The SMILES string of the molecule is CC1=CC[C@@H]([C@H](C)CCO)CC1. The third kappa shape index (κ3) is 2.63. The number of rotatable bonds is 3. The first-order valence-corrected chi connectivity index (χ1v) is 5.00. The van der Waals surface area contributed by atoms with Crippen LogP contribution < -0.4 is 0 Å². The van der Waals surface area contributed by atoms with E-state index >= 15 is 0 Å². The molecule has 0 spiro atoms. The molecule has 12 heavy (non-hydrogen) atoms. The van der Waals surface area contributed by atoms with E-state index in [1.165, 1.54) is 19.3 Å². The topological polar surface area (TPSA) is 20.2 Å². The van der Waals surface area contributed by atoms with Crippen molar-refractivity contribution < 1.29 is 5.11 Å². The third-order valence-electron chi connectivity index (χ3n) is 3.07. The molecule has 1 rings (SSSR count). The van der Waals surface area contributed by atoms with Crippen molar-refractivity contribution in [1.29, 1.82) is 0 Å². The van der Waals surface area contributed by atoms with Gasteiger partial charge in [-0.1, -0.05) is 18.6 Å². The molecule has 0 aliphatic heterocycles. The molecule has 2 atom stereocenters. The highest BCUT2D eigenvalue weighted by atomic mass is 16.3. The second-order valence-corrected chi connectivity index (χ2v) is 4.07. The smallest absolute Gasteiger partial charge is 0.0433 e. The van der Waals surface area contributed by atoms with Gasteiger partial charge in [0.1, 0.15) is 0 Å². The Morgan fingerprint density at radius 1 is 1.67 bits per heavy atom. The molecule has 0 fully saturated rings. The first-order chi connectivity index (χ1) is 5.74. The van der Waals surface area contributed by atoms with E-state index in [0.717, 1.165) is 12.3 Å². The van der Waals surface area contributed by atoms with Crippen LogP contribution in [0.3, 0.4) is 0 Å². The zero-order chi connectivity index (χ0) is 8.97. The van der Waals surface area contributed by atoms with Crippen molar-refractivity contribution in [2.75, 3.05) is 6.61 Å². The molecule has 0 unspecified atom stereocenters. The van der Waals surface area contributed by atoms with E-state index < -0.39 is 0 Å². The van der Waals surface area contributed by atoms with Gasteiger partial charge in [0.05, 0.1) is 0 Å². The summed E-state index contributed by atoms with van der Waals surface area (Å²) in [6.07, 6.45) is 7.15. The van der Waals surface area contributed by atoms with E-state index in [2.05, 4.69) is 19.9 Å². The van der Waals surface area contributed by atoms with Gasteiger partial charge in [0.2, 0.25) is 0 Å². The van der Waals surface area contributed by atoms with Crippen LogP contribution in [0, 0.1) is 11.8 Å². The van der Waals surface area contributed by atoms with Gasteiger partial charge < -0.3 is 5.11 Å². The van der Waals surface area contributed by atoms with Crippen molar-refractivity contribution in [3.05, 3.63) is 11.6 Å². The molecule has 1 nitrogen and oxygen atoms in total. The Labute approximate surface area is 75.5 Å². The van der Waals surface area contributed by atoms with Crippen LogP contribution in [0.2, 0.25) is 0 Å². The standard InChI is InChI=1S/C11H20O/c1-9-3-5-11(6-4-9)10(2)7-8-12/h3,10-12H,4-8H2,1-2H3/t10-,11-/m1/s1. The van der Waals surface area contributed by atoms with Gasteiger partial charge in [0.25, 0.3) is 0 Å². The van der Waals surface area contributed by atoms with E-state index in [0.29, 0.717) is 12.5 Å². The maximum atomic E-state index is 8.80. The highest BCUT2D eigenvalue weighted by molar-refractivity contribution is 5.03. The Balaban J connectivity index is 2.34. The lowest BCUT2D eigenvalue weighted by Gasteiger charge is -2.25. The molecule has 1 heteroatoms. The van der Waals surface area contributed by atoms with E-state index in [1.54, 1.807) is 5.57 Å². The van der Waals surface area contributed by atoms with Crippen LogP contribution in [0.5, 0.6) is 0 Å². The minimum atomic E-state index is 0.348. The number of hydrogen-bond donors (Lipinski definition) is 1. The largest absolute Gasteiger partial charge is 0.396 e. The summed E-state index contributed by atoms with van der Waals surface area (Å²) in [6.45, 7) is 4.82. The molecule has 1 N–H and O–H groups in total. The predicted molar refractivity (Wildman–Crippen MR) is 52.0 cm³/mol. The maximum Gasteiger partial charge on any atom is 0.0433 e. The number of aliphatic hydroxyl groups is 1. The fourth-order valence-electron chi connectivity index (χ4n) is 1.94. The van der Waals surface area contributed by atoms with Crippen LogP contribution in [0.1, 0.15) is 39.5 Å². The van der Waals surface area contributed by atoms with Gasteiger partial charge in [0, 0.05) is 6.61 Å². The first-order valence-electron chi connectivity index (χ1n) is 5.00. The minimum absolute atomic E-state index is 0.348. The van der Waals surface area contributed by atoms with Gasteiger partial charge in [-0.25, -0.2) is 0 Å². The molecule has 0 aromatic carbocycles. The van der Waals surface area contributed by atoms with E-state index in [-0.39, 0.29) is 0 Å². The second kappa shape index (κ2) is 4.66. The van der Waals surface area contributed by atoms with Crippen LogP contribution >= 0.6 is 0 Å². The fraction of sp³-hybridized carbons (Fsp3) is 0.818. The lowest BCUT2D eigenvalue weighted by atomic mass is 9.80. The normalized spacial score (nSPS) is 26.6. The quantitative estimate of drug-likeness (QED) is 0.642. The van der Waals surface area contributed by atoms with Crippen LogP contribution in [-0.4, -0.2) is 11.7 Å². The lowest BCUT2D eigenvalue weighted by Crippen LogP contribution is -2.15. The summed E-state index contributed by atoms with van der Waals surface area (Å²) in [4.78, 5) is 0. The van der Waals surface area contributed by atoms with Crippen molar-refractivity contribution in [1.82, 2.24) is 0 Å². The highest BCUT2D eigenvalue weighted by Gasteiger charge is 2.18. The zero-order valence-corrected chi connectivity index (χ0v) is 8.21. The number of aliphatic hydroxyl groups excluding tert-OH is 1. The lowest BCUT2D eigenvalue weighted by molar-refractivity contribution is 0.221. The number of hydrogen-bond acceptors (Lipinski definition) is 1. The molecule has 0 saturated carbocycles. The number of allylic oxidation sites excluding steroid dienone is 2. The monoisotopic (exact) mass is 168 g/mol. The maximum absolute atomic E-state index is 8.80. The summed E-state index contributed by atoms with van der Waals surface area (Å²) in [6, 6.07) is 0. The summed E-state index contributed by atoms with van der Waals surface area (Å²) < 4.78 is 0. The highest BCUT2D eigenvalue weighted by Crippen LogP contribution is 2.30. The summed E-state index contributed by atoms with van der Waals surface area (Å²) >= 11 is 0. The summed E-state index contributed by atoms with van der Waals surface area (Å²) in [5.41, 5.74) is 1.54. The summed E-state index contributed by atoms with van der Waals surface area (Å²) in [5.74, 6) is 1.51. The van der Waals surface area contributed by atoms with Crippen molar-refractivity contribution in [3.8, 4) is 0 Å². The van der Waals surface area contributed by atoms with Gasteiger partial charge in [0.15, 0.2) is 0 Å². The van der Waals surface area contributed by atoms with Crippen molar-refractivity contribution in [2.24, 2.45) is 11.8 Å². The van der Waals surface area contributed by atoms with Gasteiger partial charge in [-0.05, 0) is 44.4 Å². The van der Waals surface area contributed by atoms with Gasteiger partial charge in [-0.2, -0.15) is 0 Å². The summed E-state index contributed by atoms with van der Waals surface area (Å²) in [7, 11) is 0. The molecule has 1 aliphatic rings. The van der Waals surface area contributed by atoms with Crippen LogP contribution in [0.15, 0.2) is 11.6 Å². The molecule has 0 aromatic heterocycles. The molecular formula is C11H20O. The van der Waals surface area contributed by atoms with Crippen LogP contribution in [0.4, 0.5) is 0 Å². The van der Waals surface area contributed by atoms with Gasteiger partial charge in [-0.3, -0.25) is 0 Å². The molecule has 0 saturated heterocycles. The Morgan fingerprint density at radius 3 is 2.92 bits per heavy atom. The fourth-order valence-corrected chi connectivity index (χ4v) is 1.94. The van der Waals surface area contributed by atoms with Crippen molar-refractivity contribution in [3.63, 3.8) is 0 Å². The Kier molecular flexibility index (Phi) is 3.80. The predicted octanol–water partition coefficient (Wildman–Crippen LogP) is 2.75. The van der Waals surface area contributed by atoms with E-state index in [4.69, 9.17) is 5.11 Å². The third-order valence-corrected chi connectivity index (χ3v) is 3.07. The van der Waals surface area contributed by atoms with E-state index in [1.807, 2.05) is 0 Å². The molecule has 0 amide bonds. The first kappa shape index (κ1) is 9.79. The zero-order valence-electron chi connectivity index (χ0n) is 8.21. The summed E-state index contributed by atoms with van der Waals surface area (Å²) in [5, 5.41) is 8.80. The van der Waals surface area contributed by atoms with Crippen molar-refractivity contribution in [2.45, 2.75) is 39.5 Å². The van der Waals surface area contributed by atoms with Gasteiger partial charge >= 0.3 is 0 Å². The molecule has 1 aliphatic carbocycles.